The number of anilines is 2. The molecule has 0 aromatic heterocycles. The van der Waals surface area contributed by atoms with Crippen molar-refractivity contribution in [2.24, 2.45) is 0 Å². The van der Waals surface area contributed by atoms with Crippen LogP contribution in [0.1, 0.15) is 25.0 Å². The lowest BCUT2D eigenvalue weighted by atomic mass is 10.0. The fraction of sp³-hybridized carbons (Fsp3) is 0.429. The standard InChI is InChI=1S/C14H18N2O8/c1-3-23-13(17)6-9-5-10(7-14(18)24-4-2)12(16(21)22)8-11(9)15(19)20/h5,8,19-20H,3-4,6-7H2,1-2H3/q-2. The van der Waals surface area contributed by atoms with Crippen molar-refractivity contribution in [2.45, 2.75) is 26.7 Å². The second kappa shape index (κ2) is 9.03. The molecule has 0 bridgehead atoms. The predicted molar refractivity (Wildman–Crippen MR) is 82.4 cm³/mol. The van der Waals surface area contributed by atoms with E-state index in [9.17, 15) is 30.4 Å². The lowest BCUT2D eigenvalue weighted by Crippen LogP contribution is -2.19. The molecule has 10 nitrogen and oxygen atoms in total. The molecule has 0 radical (unpaired) electrons. The molecule has 0 spiro atoms. The van der Waals surface area contributed by atoms with Gasteiger partial charge in [-0.05, 0) is 31.0 Å². The zero-order chi connectivity index (χ0) is 18.3. The molecule has 0 heterocycles. The van der Waals surface area contributed by atoms with Gasteiger partial charge in [-0.2, -0.15) is 0 Å². The number of esters is 2. The lowest BCUT2D eigenvalue weighted by molar-refractivity contribution is -0.143. The van der Waals surface area contributed by atoms with Gasteiger partial charge in [-0.3, -0.25) is 20.0 Å². The first-order chi connectivity index (χ1) is 11.3. The average molecular weight is 342 g/mol. The Morgan fingerprint density at radius 3 is 1.79 bits per heavy atom. The minimum atomic E-state index is -0.768. The quantitative estimate of drug-likeness (QED) is 0.523. The molecule has 0 fully saturated rings. The molecule has 0 amide bonds. The van der Waals surface area contributed by atoms with Crippen LogP contribution in [0.4, 0.5) is 11.4 Å². The van der Waals surface area contributed by atoms with E-state index in [-0.39, 0.29) is 41.7 Å². The molecule has 2 N–H and O–H groups in total. The molecule has 0 unspecified atom stereocenters. The zero-order valence-corrected chi connectivity index (χ0v) is 13.2. The Labute approximate surface area is 137 Å². The largest absolute Gasteiger partial charge is 0.769 e. The molecular formula is C14H18N2O8-2. The number of carbonyl (C=O) groups is 2. The molecule has 1 rings (SSSR count). The third kappa shape index (κ3) is 5.35. The fourth-order valence-electron chi connectivity index (χ4n) is 2.05. The molecule has 0 aliphatic carbocycles. The number of ether oxygens (including phenoxy) is 2. The Kier molecular flexibility index (Phi) is 7.39. The SMILES string of the molecule is CCOC(=O)Cc1cc(CC(=O)OCC)c(N(O)O)cc1N([O-])[O-]. The van der Waals surface area contributed by atoms with Gasteiger partial charge in [-0.25, -0.2) is 0 Å². The Balaban J connectivity index is 3.29. The summed E-state index contributed by atoms with van der Waals surface area (Å²) in [6.45, 7) is 3.43. The summed E-state index contributed by atoms with van der Waals surface area (Å²) >= 11 is 0. The number of hydrogen-bond donors (Lipinski definition) is 2. The first-order valence-corrected chi connectivity index (χ1v) is 7.09. The maximum Gasteiger partial charge on any atom is 0.310 e. The second-order valence-corrected chi connectivity index (χ2v) is 4.62. The molecular weight excluding hydrogens is 324 g/mol. The van der Waals surface area contributed by atoms with Crippen molar-refractivity contribution >= 4 is 23.3 Å². The minimum Gasteiger partial charge on any atom is -0.769 e. The Morgan fingerprint density at radius 1 is 0.958 bits per heavy atom. The first-order valence-electron chi connectivity index (χ1n) is 7.09. The van der Waals surface area contributed by atoms with Gasteiger partial charge in [0.2, 0.25) is 0 Å². The summed E-state index contributed by atoms with van der Waals surface area (Å²) in [4.78, 5) is 23.2. The normalized spacial score (nSPS) is 10.2. The van der Waals surface area contributed by atoms with E-state index in [2.05, 4.69) is 0 Å². The number of benzene rings is 1. The summed E-state index contributed by atoms with van der Waals surface area (Å²) < 4.78 is 9.53. The van der Waals surface area contributed by atoms with E-state index in [1.165, 1.54) is 6.07 Å². The van der Waals surface area contributed by atoms with Gasteiger partial charge < -0.3 is 25.1 Å². The van der Waals surface area contributed by atoms with Crippen LogP contribution >= 0.6 is 0 Å². The summed E-state index contributed by atoms with van der Waals surface area (Å²) in [6.07, 6.45) is -0.744. The number of nitrogens with zero attached hydrogens (tertiary/aromatic N) is 2. The van der Waals surface area contributed by atoms with Crippen molar-refractivity contribution in [1.82, 2.24) is 0 Å². The van der Waals surface area contributed by atoms with Gasteiger partial charge in [-0.1, -0.05) is 6.07 Å². The van der Waals surface area contributed by atoms with Gasteiger partial charge in [0.25, 0.3) is 0 Å². The van der Waals surface area contributed by atoms with E-state index < -0.39 is 29.3 Å². The summed E-state index contributed by atoms with van der Waals surface area (Å²) in [7, 11) is 0. The molecule has 10 heteroatoms. The van der Waals surface area contributed by atoms with Crippen LogP contribution in [-0.2, 0) is 31.9 Å². The van der Waals surface area contributed by atoms with Crippen molar-refractivity contribution in [3.8, 4) is 0 Å². The molecule has 0 saturated carbocycles. The summed E-state index contributed by atoms with van der Waals surface area (Å²) in [5.74, 6) is -1.34. The first kappa shape index (κ1) is 19.6. The van der Waals surface area contributed by atoms with E-state index >= 15 is 0 Å². The molecule has 1 aromatic carbocycles. The Hall–Kier alpha value is -2.40. The number of rotatable bonds is 8. The lowest BCUT2D eigenvalue weighted by Gasteiger charge is -2.39. The average Bonchev–Trinajstić information content (AvgIpc) is 2.47. The number of hydrogen-bond acceptors (Lipinski definition) is 10. The molecule has 134 valence electrons. The maximum atomic E-state index is 11.6. The van der Waals surface area contributed by atoms with Crippen LogP contribution in [0.3, 0.4) is 0 Å². The zero-order valence-electron chi connectivity index (χ0n) is 13.2. The maximum absolute atomic E-state index is 11.6. The highest BCUT2D eigenvalue weighted by Gasteiger charge is 2.18. The molecule has 0 atom stereocenters. The van der Waals surface area contributed by atoms with Crippen LogP contribution in [-0.4, -0.2) is 35.6 Å². The van der Waals surface area contributed by atoms with E-state index in [1.807, 2.05) is 0 Å². The van der Waals surface area contributed by atoms with Crippen molar-refractivity contribution in [3.05, 3.63) is 33.7 Å². The fourth-order valence-corrected chi connectivity index (χ4v) is 2.05. The van der Waals surface area contributed by atoms with Crippen LogP contribution in [0, 0.1) is 10.4 Å². The third-order valence-electron chi connectivity index (χ3n) is 2.97. The third-order valence-corrected chi connectivity index (χ3v) is 2.97. The molecule has 1 aromatic rings. The van der Waals surface area contributed by atoms with Gasteiger partial charge in [0.1, 0.15) is 5.69 Å². The monoisotopic (exact) mass is 342 g/mol. The topological polar surface area (TPSA) is 146 Å². The summed E-state index contributed by atoms with van der Waals surface area (Å²) in [6, 6.07) is 2.05. The molecule has 0 aliphatic rings. The van der Waals surface area contributed by atoms with Crippen LogP contribution in [0.5, 0.6) is 0 Å². The van der Waals surface area contributed by atoms with E-state index in [1.54, 1.807) is 13.8 Å². The summed E-state index contributed by atoms with van der Waals surface area (Å²) in [5, 5.41) is 39.7. The Morgan fingerprint density at radius 2 is 1.42 bits per heavy atom. The van der Waals surface area contributed by atoms with Gasteiger partial charge in [0.05, 0.1) is 26.1 Å². The van der Waals surface area contributed by atoms with Gasteiger partial charge >= 0.3 is 11.9 Å². The van der Waals surface area contributed by atoms with Crippen molar-refractivity contribution < 1.29 is 29.5 Å². The molecule has 24 heavy (non-hydrogen) atoms. The van der Waals surface area contributed by atoms with Gasteiger partial charge in [-0.15, -0.1) is 5.23 Å². The van der Waals surface area contributed by atoms with Crippen molar-refractivity contribution in [3.63, 3.8) is 0 Å². The molecule has 0 saturated heterocycles. The van der Waals surface area contributed by atoms with Crippen LogP contribution in [0.15, 0.2) is 12.1 Å². The minimum absolute atomic E-state index is 0.0108. The van der Waals surface area contributed by atoms with Crippen LogP contribution in [0.2, 0.25) is 0 Å². The summed E-state index contributed by atoms with van der Waals surface area (Å²) in [5.41, 5.74) is -0.812. The van der Waals surface area contributed by atoms with Crippen molar-refractivity contribution in [2.75, 3.05) is 23.7 Å². The highest BCUT2D eigenvalue weighted by Crippen LogP contribution is 2.30. The highest BCUT2D eigenvalue weighted by atomic mass is 16.8. The van der Waals surface area contributed by atoms with Crippen molar-refractivity contribution in [1.29, 1.82) is 0 Å². The highest BCUT2D eigenvalue weighted by molar-refractivity contribution is 5.80. The smallest absolute Gasteiger partial charge is 0.310 e. The predicted octanol–water partition coefficient (Wildman–Crippen LogP) is 1.28. The van der Waals surface area contributed by atoms with Crippen LogP contribution in [0.25, 0.3) is 0 Å². The van der Waals surface area contributed by atoms with E-state index in [4.69, 9.17) is 9.47 Å². The van der Waals surface area contributed by atoms with Gasteiger partial charge in [0.15, 0.2) is 0 Å². The van der Waals surface area contributed by atoms with E-state index in [0.717, 1.165) is 6.07 Å². The number of carbonyl (C=O) groups excluding carboxylic acids is 2. The molecule has 0 aliphatic heterocycles. The van der Waals surface area contributed by atoms with Crippen LogP contribution < -0.4 is 10.5 Å². The Bertz CT molecular complexity index is 541. The second-order valence-electron chi connectivity index (χ2n) is 4.62. The van der Waals surface area contributed by atoms with E-state index in [0.29, 0.717) is 0 Å². The van der Waals surface area contributed by atoms with Gasteiger partial charge in [0, 0.05) is 5.69 Å².